The van der Waals surface area contributed by atoms with E-state index in [2.05, 4.69) is 0 Å². The molecule has 1 aliphatic rings. The summed E-state index contributed by atoms with van der Waals surface area (Å²) in [4.78, 5) is 0. The molecule has 2 unspecified atom stereocenters. The van der Waals surface area contributed by atoms with Gasteiger partial charge in [0.05, 0.1) is 25.2 Å². The fourth-order valence-electron chi connectivity index (χ4n) is 1.48. The van der Waals surface area contributed by atoms with Gasteiger partial charge >= 0.3 is 0 Å². The Balaban J connectivity index is 2.57. The molecule has 0 aromatic carbocycles. The van der Waals surface area contributed by atoms with Crippen molar-refractivity contribution < 1.29 is 29.9 Å². The number of ether oxygens (including phenoxy) is 2. The van der Waals surface area contributed by atoms with Crippen molar-refractivity contribution in [1.29, 1.82) is 5.26 Å². The third kappa shape index (κ3) is 3.35. The average molecular weight is 247 g/mol. The number of hydrogen-bond donors (Lipinski definition) is 4. The molecular weight excluding hydrogens is 230 g/mol. The van der Waals surface area contributed by atoms with Crippen LogP contribution in [0, 0.1) is 17.2 Å². The van der Waals surface area contributed by atoms with Crippen molar-refractivity contribution >= 4 is 0 Å². The highest BCUT2D eigenvalue weighted by Gasteiger charge is 2.44. The first-order chi connectivity index (χ1) is 8.01. The zero-order chi connectivity index (χ0) is 13.0. The van der Waals surface area contributed by atoms with Crippen LogP contribution in [0.1, 0.15) is 6.92 Å². The lowest BCUT2D eigenvalue weighted by Crippen LogP contribution is -2.59. The van der Waals surface area contributed by atoms with Crippen LogP contribution in [-0.2, 0) is 9.47 Å². The van der Waals surface area contributed by atoms with Crippen molar-refractivity contribution in [1.82, 2.24) is 0 Å². The SMILES string of the molecule is CC(C#N)COC1O[C@H](CO)[C@@H](O)[C@H](O)[C@H]1O. The molecule has 1 rings (SSSR count). The van der Waals surface area contributed by atoms with E-state index in [1.807, 2.05) is 6.07 Å². The van der Waals surface area contributed by atoms with Crippen molar-refractivity contribution in [3.8, 4) is 6.07 Å². The average Bonchev–Trinajstić information content (AvgIpc) is 2.34. The van der Waals surface area contributed by atoms with E-state index in [9.17, 15) is 15.3 Å². The van der Waals surface area contributed by atoms with Gasteiger partial charge in [-0.25, -0.2) is 0 Å². The second-order valence-electron chi connectivity index (χ2n) is 4.06. The second kappa shape index (κ2) is 6.26. The van der Waals surface area contributed by atoms with E-state index < -0.39 is 37.3 Å². The van der Waals surface area contributed by atoms with Gasteiger partial charge in [0, 0.05) is 0 Å². The molecule has 0 aliphatic carbocycles. The summed E-state index contributed by atoms with van der Waals surface area (Å²) >= 11 is 0. The maximum absolute atomic E-state index is 9.58. The molecule has 1 heterocycles. The lowest BCUT2D eigenvalue weighted by Gasteiger charge is -2.39. The van der Waals surface area contributed by atoms with Crippen molar-refractivity contribution in [2.75, 3.05) is 13.2 Å². The first-order valence-corrected chi connectivity index (χ1v) is 5.33. The molecular formula is C10H17NO6. The summed E-state index contributed by atoms with van der Waals surface area (Å²) in [6.07, 6.45) is -6.43. The summed E-state index contributed by atoms with van der Waals surface area (Å²) in [6.45, 7) is 1.15. The monoisotopic (exact) mass is 247 g/mol. The summed E-state index contributed by atoms with van der Waals surface area (Å²) in [6, 6.07) is 1.94. The fraction of sp³-hybridized carbons (Fsp3) is 0.900. The van der Waals surface area contributed by atoms with Crippen molar-refractivity contribution in [3.05, 3.63) is 0 Å². The summed E-state index contributed by atoms with van der Waals surface area (Å²) in [5.41, 5.74) is 0. The van der Waals surface area contributed by atoms with Crippen LogP contribution in [0.4, 0.5) is 0 Å². The van der Waals surface area contributed by atoms with E-state index in [1.54, 1.807) is 6.92 Å². The van der Waals surface area contributed by atoms with E-state index in [0.29, 0.717) is 0 Å². The lowest BCUT2D eigenvalue weighted by atomic mass is 9.99. The van der Waals surface area contributed by atoms with Gasteiger partial charge in [0.1, 0.15) is 24.4 Å². The molecule has 0 radical (unpaired) electrons. The van der Waals surface area contributed by atoms with Gasteiger partial charge in [0.2, 0.25) is 0 Å². The van der Waals surface area contributed by atoms with Gasteiger partial charge in [-0.05, 0) is 6.92 Å². The molecule has 4 N–H and O–H groups in total. The van der Waals surface area contributed by atoms with Gasteiger partial charge in [-0.1, -0.05) is 0 Å². The molecule has 7 heteroatoms. The predicted molar refractivity (Wildman–Crippen MR) is 54.5 cm³/mol. The van der Waals surface area contributed by atoms with E-state index in [-0.39, 0.29) is 12.5 Å². The topological polar surface area (TPSA) is 123 Å². The van der Waals surface area contributed by atoms with E-state index in [1.165, 1.54) is 0 Å². The minimum Gasteiger partial charge on any atom is -0.394 e. The van der Waals surface area contributed by atoms with E-state index in [0.717, 1.165) is 0 Å². The molecule has 0 saturated carbocycles. The first-order valence-electron chi connectivity index (χ1n) is 5.33. The number of aliphatic hydroxyl groups excluding tert-OH is 4. The van der Waals surface area contributed by atoms with Gasteiger partial charge in [-0.2, -0.15) is 5.26 Å². The zero-order valence-electron chi connectivity index (χ0n) is 9.43. The van der Waals surface area contributed by atoms with Crippen LogP contribution in [0.15, 0.2) is 0 Å². The minimum atomic E-state index is -1.46. The number of rotatable bonds is 4. The van der Waals surface area contributed by atoms with Crippen LogP contribution in [0.3, 0.4) is 0 Å². The van der Waals surface area contributed by atoms with Gasteiger partial charge in [0.15, 0.2) is 6.29 Å². The standard InChI is InChI=1S/C10H17NO6/c1-5(2-11)4-16-10-9(15)8(14)7(13)6(3-12)17-10/h5-10,12-15H,3-4H2,1H3/t5?,6-,7-,8+,9-,10?/m1/s1. The molecule has 0 amide bonds. The molecule has 1 aliphatic heterocycles. The maximum atomic E-state index is 9.58. The van der Waals surface area contributed by atoms with Crippen LogP contribution in [0.25, 0.3) is 0 Å². The van der Waals surface area contributed by atoms with Crippen LogP contribution in [0.2, 0.25) is 0 Å². The first kappa shape index (κ1) is 14.3. The minimum absolute atomic E-state index is 0.0270. The van der Waals surface area contributed by atoms with Gasteiger partial charge < -0.3 is 29.9 Å². The smallest absolute Gasteiger partial charge is 0.186 e. The number of nitrogens with zero attached hydrogens (tertiary/aromatic N) is 1. The molecule has 0 aromatic rings. The van der Waals surface area contributed by atoms with Crippen LogP contribution in [0.5, 0.6) is 0 Å². The molecule has 6 atom stereocenters. The van der Waals surface area contributed by atoms with Gasteiger partial charge in [-0.3, -0.25) is 0 Å². The maximum Gasteiger partial charge on any atom is 0.186 e. The predicted octanol–water partition coefficient (Wildman–Crippen LogP) is -2.04. The van der Waals surface area contributed by atoms with Crippen LogP contribution in [-0.4, -0.2) is 64.3 Å². The Kier molecular flexibility index (Phi) is 5.27. The van der Waals surface area contributed by atoms with Crippen molar-refractivity contribution in [3.63, 3.8) is 0 Å². The summed E-state index contributed by atoms with van der Waals surface area (Å²) in [5.74, 6) is -0.387. The highest BCUT2D eigenvalue weighted by Crippen LogP contribution is 2.22. The summed E-state index contributed by atoms with van der Waals surface area (Å²) in [5, 5.41) is 46.0. The highest BCUT2D eigenvalue weighted by molar-refractivity contribution is 4.89. The molecule has 1 saturated heterocycles. The Labute approximate surface area is 98.8 Å². The zero-order valence-corrected chi connectivity index (χ0v) is 9.43. The largest absolute Gasteiger partial charge is 0.394 e. The van der Waals surface area contributed by atoms with Gasteiger partial charge in [0.25, 0.3) is 0 Å². The molecule has 98 valence electrons. The number of nitriles is 1. The van der Waals surface area contributed by atoms with Crippen LogP contribution < -0.4 is 0 Å². The number of aliphatic hydroxyl groups is 4. The third-order valence-corrected chi connectivity index (χ3v) is 2.58. The summed E-state index contributed by atoms with van der Waals surface area (Å²) < 4.78 is 10.2. The highest BCUT2D eigenvalue weighted by atomic mass is 16.7. The Hall–Kier alpha value is -0.750. The molecule has 0 bridgehead atoms. The quantitative estimate of drug-likeness (QED) is 0.451. The summed E-state index contributed by atoms with van der Waals surface area (Å²) in [7, 11) is 0. The Bertz CT molecular complexity index is 278. The second-order valence-corrected chi connectivity index (χ2v) is 4.06. The van der Waals surface area contributed by atoms with E-state index >= 15 is 0 Å². The van der Waals surface area contributed by atoms with Crippen LogP contribution >= 0.6 is 0 Å². The van der Waals surface area contributed by atoms with Crippen molar-refractivity contribution in [2.24, 2.45) is 5.92 Å². The Morgan fingerprint density at radius 3 is 2.47 bits per heavy atom. The number of hydrogen-bond acceptors (Lipinski definition) is 7. The molecule has 0 spiro atoms. The van der Waals surface area contributed by atoms with Crippen molar-refractivity contribution in [2.45, 2.75) is 37.6 Å². The normalized spacial score (nSPS) is 39.6. The third-order valence-electron chi connectivity index (χ3n) is 2.58. The van der Waals surface area contributed by atoms with Gasteiger partial charge in [-0.15, -0.1) is 0 Å². The fourth-order valence-corrected chi connectivity index (χ4v) is 1.48. The Morgan fingerprint density at radius 1 is 1.29 bits per heavy atom. The molecule has 17 heavy (non-hydrogen) atoms. The molecule has 0 aromatic heterocycles. The molecule has 7 nitrogen and oxygen atoms in total. The Morgan fingerprint density at radius 2 is 1.94 bits per heavy atom. The molecule has 1 fully saturated rings. The lowest BCUT2D eigenvalue weighted by molar-refractivity contribution is -0.302. The van der Waals surface area contributed by atoms with E-state index in [4.69, 9.17) is 19.8 Å².